The molecule has 2 heterocycles. The summed E-state index contributed by atoms with van der Waals surface area (Å²) in [5.74, 6) is 0.0105. The van der Waals surface area contributed by atoms with Gasteiger partial charge < -0.3 is 10.1 Å². The molecule has 0 aromatic carbocycles. The molecule has 1 aromatic heterocycles. The third-order valence-corrected chi connectivity index (χ3v) is 2.75. The van der Waals surface area contributed by atoms with Crippen molar-refractivity contribution >= 4 is 17.2 Å². The summed E-state index contributed by atoms with van der Waals surface area (Å²) in [6.45, 7) is 0.882. The van der Waals surface area contributed by atoms with Gasteiger partial charge in [0.1, 0.15) is 11.2 Å². The molecule has 2 N–H and O–H groups in total. The number of aromatic nitrogens is 1. The zero-order valence-electron chi connectivity index (χ0n) is 7.74. The number of carbonyl (C=O) groups excluding carboxylic acids is 1. The van der Waals surface area contributed by atoms with Crippen molar-refractivity contribution in [2.24, 2.45) is 0 Å². The third-order valence-electron chi connectivity index (χ3n) is 1.91. The highest BCUT2D eigenvalue weighted by Gasteiger charge is 2.23. The average Bonchev–Trinajstić information content (AvgIpc) is 2.74. The van der Waals surface area contributed by atoms with Crippen LogP contribution in [0.2, 0.25) is 0 Å². The summed E-state index contributed by atoms with van der Waals surface area (Å²) in [7, 11) is 1.64. The molecule has 76 valence electrons. The first kappa shape index (κ1) is 9.57. The Morgan fingerprint density at radius 3 is 3.29 bits per heavy atom. The van der Waals surface area contributed by atoms with Crippen LogP contribution in [-0.4, -0.2) is 24.5 Å². The highest BCUT2D eigenvalue weighted by atomic mass is 32.1. The number of amides is 1. The number of thiazole rings is 1. The normalized spacial score (nSPS) is 21.2. The molecule has 0 radical (unpaired) electrons. The molecule has 1 aromatic rings. The number of nitrogens with zero attached hydrogens (tertiary/aromatic N) is 1. The lowest BCUT2D eigenvalue weighted by Crippen LogP contribution is -2.23. The van der Waals surface area contributed by atoms with Gasteiger partial charge in [0, 0.05) is 12.5 Å². The molecule has 0 saturated carbocycles. The zero-order chi connectivity index (χ0) is 9.97. The van der Waals surface area contributed by atoms with E-state index < -0.39 is 0 Å². The second-order valence-electron chi connectivity index (χ2n) is 2.98. The van der Waals surface area contributed by atoms with Crippen molar-refractivity contribution in [2.75, 3.05) is 13.7 Å². The summed E-state index contributed by atoms with van der Waals surface area (Å²) in [5.41, 5.74) is 0.855. The van der Waals surface area contributed by atoms with E-state index in [1.165, 1.54) is 11.3 Å². The minimum Gasteiger partial charge on any atom is -0.378 e. The number of methoxy groups -OCH3 is 1. The van der Waals surface area contributed by atoms with Crippen LogP contribution in [0.1, 0.15) is 16.9 Å². The Balaban J connectivity index is 2.05. The van der Waals surface area contributed by atoms with E-state index in [1.54, 1.807) is 7.11 Å². The van der Waals surface area contributed by atoms with Crippen LogP contribution in [0.5, 0.6) is 0 Å². The Labute approximate surface area is 85.5 Å². The van der Waals surface area contributed by atoms with Crippen LogP contribution in [0, 0.1) is 0 Å². The van der Waals surface area contributed by atoms with E-state index in [9.17, 15) is 4.79 Å². The van der Waals surface area contributed by atoms with Gasteiger partial charge in [0.2, 0.25) is 5.91 Å². The lowest BCUT2D eigenvalue weighted by Gasteiger charge is -2.05. The van der Waals surface area contributed by atoms with Gasteiger partial charge in [-0.25, -0.2) is 4.98 Å². The zero-order valence-corrected chi connectivity index (χ0v) is 8.56. The quantitative estimate of drug-likeness (QED) is 0.742. The number of carbonyl (C=O) groups is 1. The molecular weight excluding hydrogens is 202 g/mol. The predicted molar refractivity (Wildman–Crippen MR) is 51.7 cm³/mol. The fourth-order valence-electron chi connectivity index (χ4n) is 1.28. The topological polar surface area (TPSA) is 63.2 Å². The summed E-state index contributed by atoms with van der Waals surface area (Å²) in [6, 6.07) is 0. The van der Waals surface area contributed by atoms with Gasteiger partial charge in [0.15, 0.2) is 0 Å². The Morgan fingerprint density at radius 2 is 2.64 bits per heavy atom. The minimum atomic E-state index is -0.135. The summed E-state index contributed by atoms with van der Waals surface area (Å²) in [6.07, 6.45) is -0.135. The van der Waals surface area contributed by atoms with Gasteiger partial charge in [0.05, 0.1) is 18.8 Å². The maximum absolute atomic E-state index is 10.9. The number of rotatable bonds is 3. The molecule has 2 rings (SSSR count). The number of nitrogens with one attached hydrogen (secondary N) is 2. The van der Waals surface area contributed by atoms with E-state index >= 15 is 0 Å². The van der Waals surface area contributed by atoms with E-state index in [2.05, 4.69) is 15.6 Å². The molecule has 1 amide bonds. The van der Waals surface area contributed by atoms with E-state index in [-0.39, 0.29) is 12.1 Å². The Hall–Kier alpha value is -0.980. The minimum absolute atomic E-state index is 0.0105. The molecular formula is C8H11N3O2S. The molecule has 1 saturated heterocycles. The molecule has 1 fully saturated rings. The number of hydrogen-bond acceptors (Lipinski definition) is 5. The van der Waals surface area contributed by atoms with Crippen LogP contribution >= 0.6 is 11.3 Å². The van der Waals surface area contributed by atoms with Gasteiger partial charge in [-0.1, -0.05) is 0 Å². The third kappa shape index (κ3) is 1.92. The Morgan fingerprint density at radius 1 is 1.79 bits per heavy atom. The first-order chi connectivity index (χ1) is 6.79. The fourth-order valence-corrected chi connectivity index (χ4v) is 2.07. The molecule has 1 atom stereocenters. The van der Waals surface area contributed by atoms with Crippen LogP contribution in [-0.2, 0) is 16.1 Å². The lowest BCUT2D eigenvalue weighted by molar-refractivity contribution is -0.118. The van der Waals surface area contributed by atoms with E-state index in [4.69, 9.17) is 4.74 Å². The highest BCUT2D eigenvalue weighted by Crippen LogP contribution is 2.17. The molecule has 5 nitrogen and oxygen atoms in total. The predicted octanol–water partition coefficient (Wildman–Crippen LogP) is 0.00750. The maximum Gasteiger partial charge on any atom is 0.235 e. The van der Waals surface area contributed by atoms with Crippen molar-refractivity contribution in [1.29, 1.82) is 0 Å². The average molecular weight is 213 g/mol. The van der Waals surface area contributed by atoms with Gasteiger partial charge in [-0.05, 0) is 0 Å². The highest BCUT2D eigenvalue weighted by molar-refractivity contribution is 7.09. The van der Waals surface area contributed by atoms with Gasteiger partial charge in [-0.3, -0.25) is 10.1 Å². The van der Waals surface area contributed by atoms with Gasteiger partial charge in [-0.2, -0.15) is 0 Å². The number of hydrogen-bond donors (Lipinski definition) is 2. The van der Waals surface area contributed by atoms with Crippen LogP contribution in [0.4, 0.5) is 0 Å². The number of ether oxygens (including phenoxy) is 1. The second-order valence-corrected chi connectivity index (χ2v) is 3.92. The van der Waals surface area contributed by atoms with E-state index in [0.29, 0.717) is 13.2 Å². The standard InChI is InChI=1S/C8H11N3O2S/c1-13-3-7-10-5(4-14-7)8-9-2-6(12)11-8/h4,8-9H,2-3H2,1H3,(H,11,12). The molecule has 6 heteroatoms. The van der Waals surface area contributed by atoms with Crippen LogP contribution < -0.4 is 10.6 Å². The molecule has 0 aliphatic carbocycles. The van der Waals surface area contributed by atoms with Crippen LogP contribution in [0.25, 0.3) is 0 Å². The Bertz CT molecular complexity index is 339. The van der Waals surface area contributed by atoms with Gasteiger partial charge >= 0.3 is 0 Å². The van der Waals surface area contributed by atoms with Crippen molar-refractivity contribution in [3.63, 3.8) is 0 Å². The van der Waals surface area contributed by atoms with Crippen LogP contribution in [0.3, 0.4) is 0 Å². The molecule has 0 spiro atoms. The monoisotopic (exact) mass is 213 g/mol. The molecule has 1 unspecified atom stereocenters. The first-order valence-corrected chi connectivity index (χ1v) is 5.13. The molecule has 1 aliphatic rings. The SMILES string of the molecule is COCc1nc(C2NCC(=O)N2)cs1. The smallest absolute Gasteiger partial charge is 0.235 e. The summed E-state index contributed by atoms with van der Waals surface area (Å²) < 4.78 is 4.97. The van der Waals surface area contributed by atoms with Crippen molar-refractivity contribution in [1.82, 2.24) is 15.6 Å². The largest absolute Gasteiger partial charge is 0.378 e. The molecule has 1 aliphatic heterocycles. The van der Waals surface area contributed by atoms with Gasteiger partial charge in [-0.15, -0.1) is 11.3 Å². The van der Waals surface area contributed by atoms with Crippen molar-refractivity contribution in [2.45, 2.75) is 12.8 Å². The second kappa shape index (κ2) is 4.04. The fraction of sp³-hybridized carbons (Fsp3) is 0.500. The molecule has 0 bridgehead atoms. The summed E-state index contributed by atoms with van der Waals surface area (Å²) >= 11 is 1.53. The maximum atomic E-state index is 10.9. The Kier molecular flexibility index (Phi) is 2.76. The van der Waals surface area contributed by atoms with E-state index in [0.717, 1.165) is 10.7 Å². The van der Waals surface area contributed by atoms with Crippen molar-refractivity contribution in [3.8, 4) is 0 Å². The lowest BCUT2D eigenvalue weighted by atomic mass is 10.4. The van der Waals surface area contributed by atoms with Crippen molar-refractivity contribution in [3.05, 3.63) is 16.1 Å². The van der Waals surface area contributed by atoms with Crippen molar-refractivity contribution < 1.29 is 9.53 Å². The van der Waals surface area contributed by atoms with Gasteiger partial charge in [0.25, 0.3) is 0 Å². The van der Waals surface area contributed by atoms with E-state index in [1.807, 2.05) is 5.38 Å². The van der Waals surface area contributed by atoms with Crippen LogP contribution in [0.15, 0.2) is 5.38 Å². The summed E-state index contributed by atoms with van der Waals surface area (Å²) in [4.78, 5) is 15.3. The summed E-state index contributed by atoms with van der Waals surface area (Å²) in [5, 5.41) is 8.65. The molecule has 14 heavy (non-hydrogen) atoms. The first-order valence-electron chi connectivity index (χ1n) is 4.25.